The summed E-state index contributed by atoms with van der Waals surface area (Å²) in [5.41, 5.74) is 2.36. The summed E-state index contributed by atoms with van der Waals surface area (Å²) in [6.07, 6.45) is 7.33. The molecule has 0 saturated heterocycles. The molecule has 24 heavy (non-hydrogen) atoms. The molecule has 0 unspecified atom stereocenters. The van der Waals surface area contributed by atoms with Crippen LogP contribution < -0.4 is 10.6 Å². The average Bonchev–Trinajstić information content (AvgIpc) is 3.10. The molecule has 3 rings (SSSR count). The summed E-state index contributed by atoms with van der Waals surface area (Å²) in [5.74, 6) is -0.442. The van der Waals surface area contributed by atoms with E-state index in [1.54, 1.807) is 24.4 Å². The molecule has 4 nitrogen and oxygen atoms in total. The third kappa shape index (κ3) is 4.54. The summed E-state index contributed by atoms with van der Waals surface area (Å²) in [7, 11) is 0. The van der Waals surface area contributed by atoms with Crippen molar-refractivity contribution in [2.45, 2.75) is 38.1 Å². The second kappa shape index (κ2) is 7.90. The molecule has 1 aliphatic carbocycles. The van der Waals surface area contributed by atoms with Crippen molar-refractivity contribution < 1.29 is 9.18 Å². The first-order chi connectivity index (χ1) is 11.7. The van der Waals surface area contributed by atoms with Crippen LogP contribution in [0.25, 0.3) is 0 Å². The molecule has 0 atom stereocenters. The second-order valence-electron chi connectivity index (χ2n) is 6.19. The number of halogens is 1. The molecule has 1 amide bonds. The van der Waals surface area contributed by atoms with Crippen LogP contribution in [0, 0.1) is 5.82 Å². The lowest BCUT2D eigenvalue weighted by Gasteiger charge is -2.13. The lowest BCUT2D eigenvalue weighted by molar-refractivity contribution is 0.0949. The van der Waals surface area contributed by atoms with Gasteiger partial charge in [-0.15, -0.1) is 0 Å². The Bertz CT molecular complexity index is 664. The number of hydrogen-bond acceptors (Lipinski definition) is 3. The predicted octanol–water partition coefficient (Wildman–Crippen LogP) is 3.55. The van der Waals surface area contributed by atoms with Crippen LogP contribution in [0.5, 0.6) is 0 Å². The molecule has 126 valence electrons. The van der Waals surface area contributed by atoms with E-state index in [9.17, 15) is 9.18 Å². The molecule has 0 bridgehead atoms. The minimum atomic E-state index is -0.252. The van der Waals surface area contributed by atoms with E-state index in [1.165, 1.54) is 37.8 Å². The van der Waals surface area contributed by atoms with E-state index < -0.39 is 0 Å². The van der Waals surface area contributed by atoms with E-state index in [0.29, 0.717) is 24.7 Å². The van der Waals surface area contributed by atoms with Gasteiger partial charge in [0, 0.05) is 12.6 Å². The van der Waals surface area contributed by atoms with Crippen LogP contribution in [0.1, 0.15) is 41.7 Å². The van der Waals surface area contributed by atoms with Gasteiger partial charge >= 0.3 is 0 Å². The number of benzene rings is 1. The molecule has 1 heterocycles. The van der Waals surface area contributed by atoms with E-state index in [1.807, 2.05) is 6.07 Å². The molecule has 2 N–H and O–H groups in total. The Kier molecular flexibility index (Phi) is 5.41. The van der Waals surface area contributed by atoms with Crippen molar-refractivity contribution in [3.05, 3.63) is 59.7 Å². The van der Waals surface area contributed by atoms with E-state index in [-0.39, 0.29) is 11.7 Å². The molecule has 1 saturated carbocycles. The Morgan fingerprint density at radius 3 is 2.54 bits per heavy atom. The molecule has 1 fully saturated rings. The number of aromatic nitrogens is 1. The monoisotopic (exact) mass is 327 g/mol. The van der Waals surface area contributed by atoms with Crippen molar-refractivity contribution in [3.8, 4) is 0 Å². The number of carbonyl (C=O) groups is 1. The maximum atomic E-state index is 12.8. The molecule has 5 heteroatoms. The zero-order valence-corrected chi connectivity index (χ0v) is 13.6. The summed E-state index contributed by atoms with van der Waals surface area (Å²) >= 11 is 0. The smallest absolute Gasteiger partial charge is 0.269 e. The van der Waals surface area contributed by atoms with Crippen molar-refractivity contribution in [3.63, 3.8) is 0 Å². The number of anilines is 1. The molecular weight excluding hydrogens is 305 g/mol. The average molecular weight is 327 g/mol. The van der Waals surface area contributed by atoms with Crippen LogP contribution in [0.3, 0.4) is 0 Å². The molecular formula is C19H22FN3O. The van der Waals surface area contributed by atoms with Gasteiger partial charge in [0.05, 0.1) is 11.9 Å². The number of rotatable bonds is 6. The van der Waals surface area contributed by atoms with Crippen molar-refractivity contribution in [1.82, 2.24) is 10.3 Å². The maximum Gasteiger partial charge on any atom is 0.269 e. The van der Waals surface area contributed by atoms with E-state index in [2.05, 4.69) is 15.6 Å². The van der Waals surface area contributed by atoms with Gasteiger partial charge in [0.25, 0.3) is 5.91 Å². The van der Waals surface area contributed by atoms with Crippen LogP contribution in [-0.4, -0.2) is 23.5 Å². The quantitative estimate of drug-likeness (QED) is 0.853. The Balaban J connectivity index is 1.46. The number of pyridine rings is 1. The molecule has 1 aromatic heterocycles. The van der Waals surface area contributed by atoms with Crippen LogP contribution in [-0.2, 0) is 6.42 Å². The predicted molar refractivity (Wildman–Crippen MR) is 92.6 cm³/mol. The molecule has 0 radical (unpaired) electrons. The normalized spacial score (nSPS) is 14.5. The minimum absolute atomic E-state index is 0.190. The van der Waals surface area contributed by atoms with Crippen molar-refractivity contribution >= 4 is 11.6 Å². The fourth-order valence-corrected chi connectivity index (χ4v) is 2.98. The van der Waals surface area contributed by atoms with E-state index in [0.717, 1.165) is 11.3 Å². The number of nitrogens with one attached hydrogen (secondary N) is 2. The lowest BCUT2D eigenvalue weighted by Crippen LogP contribution is -2.26. The first kappa shape index (κ1) is 16.4. The minimum Gasteiger partial charge on any atom is -0.381 e. The fraction of sp³-hybridized carbons (Fsp3) is 0.368. The summed E-state index contributed by atoms with van der Waals surface area (Å²) in [4.78, 5) is 16.3. The standard InChI is InChI=1S/C19H22FN3O/c20-15-7-5-14(6-8-15)11-12-21-19(24)18-10-9-17(13-22-18)23-16-3-1-2-4-16/h5-10,13,16,23H,1-4,11-12H2,(H,21,24). The SMILES string of the molecule is O=C(NCCc1ccc(F)cc1)c1ccc(NC2CCCC2)cn1. The first-order valence-electron chi connectivity index (χ1n) is 8.46. The number of carbonyl (C=O) groups excluding carboxylic acids is 1. The number of amides is 1. The lowest BCUT2D eigenvalue weighted by atomic mass is 10.1. The zero-order valence-electron chi connectivity index (χ0n) is 13.6. The van der Waals surface area contributed by atoms with Crippen LogP contribution in [0.2, 0.25) is 0 Å². The highest BCUT2D eigenvalue weighted by molar-refractivity contribution is 5.92. The molecule has 2 aromatic rings. The van der Waals surface area contributed by atoms with E-state index in [4.69, 9.17) is 0 Å². The fourth-order valence-electron chi connectivity index (χ4n) is 2.98. The van der Waals surface area contributed by atoms with Gasteiger partial charge in [-0.1, -0.05) is 25.0 Å². The van der Waals surface area contributed by atoms with Gasteiger partial charge in [-0.25, -0.2) is 9.37 Å². The van der Waals surface area contributed by atoms with Gasteiger partial charge in [0.2, 0.25) is 0 Å². The Morgan fingerprint density at radius 2 is 1.88 bits per heavy atom. The summed E-state index contributed by atoms with van der Waals surface area (Å²) in [5, 5.41) is 6.29. The van der Waals surface area contributed by atoms with Crippen LogP contribution >= 0.6 is 0 Å². The number of nitrogens with zero attached hydrogens (tertiary/aromatic N) is 1. The summed E-state index contributed by atoms with van der Waals surface area (Å²) in [6.45, 7) is 0.494. The van der Waals surface area contributed by atoms with Crippen LogP contribution in [0.15, 0.2) is 42.6 Å². The topological polar surface area (TPSA) is 54.0 Å². The highest BCUT2D eigenvalue weighted by Gasteiger charge is 2.14. The Hall–Kier alpha value is -2.43. The summed E-state index contributed by atoms with van der Waals surface area (Å²) < 4.78 is 12.8. The molecule has 0 aliphatic heterocycles. The Morgan fingerprint density at radius 1 is 1.12 bits per heavy atom. The summed E-state index contributed by atoms with van der Waals surface area (Å²) in [6, 6.07) is 10.5. The van der Waals surface area contributed by atoms with Crippen molar-refractivity contribution in [1.29, 1.82) is 0 Å². The second-order valence-corrected chi connectivity index (χ2v) is 6.19. The van der Waals surface area contributed by atoms with E-state index >= 15 is 0 Å². The van der Waals surface area contributed by atoms with Gasteiger partial charge < -0.3 is 10.6 Å². The highest BCUT2D eigenvalue weighted by atomic mass is 19.1. The van der Waals surface area contributed by atoms with Crippen LogP contribution in [0.4, 0.5) is 10.1 Å². The number of hydrogen-bond donors (Lipinski definition) is 2. The molecule has 1 aromatic carbocycles. The molecule has 0 spiro atoms. The van der Waals surface area contributed by atoms with Gasteiger partial charge in [-0.05, 0) is 49.1 Å². The molecule has 1 aliphatic rings. The maximum absolute atomic E-state index is 12.8. The van der Waals surface area contributed by atoms with Gasteiger partial charge in [0.1, 0.15) is 11.5 Å². The third-order valence-electron chi connectivity index (χ3n) is 4.33. The van der Waals surface area contributed by atoms with Gasteiger partial charge in [0.15, 0.2) is 0 Å². The third-order valence-corrected chi connectivity index (χ3v) is 4.33. The van der Waals surface area contributed by atoms with Crippen molar-refractivity contribution in [2.24, 2.45) is 0 Å². The van der Waals surface area contributed by atoms with Gasteiger partial charge in [-0.2, -0.15) is 0 Å². The largest absolute Gasteiger partial charge is 0.381 e. The highest BCUT2D eigenvalue weighted by Crippen LogP contribution is 2.21. The van der Waals surface area contributed by atoms with Gasteiger partial charge in [-0.3, -0.25) is 4.79 Å². The zero-order chi connectivity index (χ0) is 16.8. The first-order valence-corrected chi connectivity index (χ1v) is 8.46. The Labute approximate surface area is 141 Å². The van der Waals surface area contributed by atoms with Crippen molar-refractivity contribution in [2.75, 3.05) is 11.9 Å².